The van der Waals surface area contributed by atoms with E-state index in [0.717, 1.165) is 102 Å². The number of pyridine rings is 2. The van der Waals surface area contributed by atoms with E-state index >= 15 is 0 Å². The van der Waals surface area contributed by atoms with Gasteiger partial charge in [0.05, 0.1) is 34.8 Å². The van der Waals surface area contributed by atoms with Gasteiger partial charge < -0.3 is 14.6 Å². The summed E-state index contributed by atoms with van der Waals surface area (Å²) in [4.78, 5) is 34.8. The normalized spacial score (nSPS) is 19.4. The van der Waals surface area contributed by atoms with Crippen molar-refractivity contribution in [2.75, 3.05) is 33.2 Å². The van der Waals surface area contributed by atoms with E-state index in [4.69, 9.17) is 9.72 Å². The Labute approximate surface area is 258 Å². The van der Waals surface area contributed by atoms with E-state index < -0.39 is 0 Å². The molecule has 2 saturated heterocycles. The molecule has 0 amide bonds. The standard InChI is InChI=1S/C36H38N6O2/c1-24-5-3-7-33(40-24)35-34(38-23-39-35)27-12-13-32-29(17-27)18-30(19-37-32)26-10-8-25(9-11-26)20-42-15-4-6-28(21-42)36(43)44-31-14-16-41(2)22-31/h3,5,7-13,17-19,23,28,31H,4,6,14-16,20-22H2,1-2H3,(H,38,39)/t28-,31+/m0/s1. The van der Waals surface area contributed by atoms with Crippen LogP contribution in [0.1, 0.15) is 30.5 Å². The molecular weight excluding hydrogens is 548 g/mol. The number of nitrogens with zero attached hydrogens (tertiary/aromatic N) is 5. The average Bonchev–Trinajstić information content (AvgIpc) is 3.70. The van der Waals surface area contributed by atoms with E-state index in [1.54, 1.807) is 6.33 Å². The number of piperidine rings is 1. The Bertz CT molecular complexity index is 1780. The number of fused-ring (bicyclic) bond motifs is 1. The molecule has 224 valence electrons. The summed E-state index contributed by atoms with van der Waals surface area (Å²) in [5.41, 5.74) is 9.03. The Kier molecular flexibility index (Phi) is 7.93. The summed E-state index contributed by atoms with van der Waals surface area (Å²) in [5.74, 6) is -0.0548. The van der Waals surface area contributed by atoms with Crippen molar-refractivity contribution >= 4 is 16.9 Å². The first kappa shape index (κ1) is 28.4. The third-order valence-corrected chi connectivity index (χ3v) is 8.90. The highest BCUT2D eigenvalue weighted by Gasteiger charge is 2.30. The lowest BCUT2D eigenvalue weighted by molar-refractivity contribution is -0.155. The van der Waals surface area contributed by atoms with Crippen LogP contribution < -0.4 is 0 Å². The van der Waals surface area contributed by atoms with Gasteiger partial charge in [0.1, 0.15) is 6.10 Å². The van der Waals surface area contributed by atoms with Gasteiger partial charge in [-0.05, 0) is 81.2 Å². The SMILES string of the molecule is Cc1cccc(-c2[nH]cnc2-c2ccc3ncc(-c4ccc(CN5CCC[C@H](C(=O)O[C@@H]6CCN(C)C6)C5)cc4)cc3c2)n1. The lowest BCUT2D eigenvalue weighted by Gasteiger charge is -2.32. The molecule has 0 saturated carbocycles. The highest BCUT2D eigenvalue weighted by Crippen LogP contribution is 2.31. The molecule has 8 heteroatoms. The summed E-state index contributed by atoms with van der Waals surface area (Å²) >= 11 is 0. The minimum Gasteiger partial charge on any atom is -0.461 e. The minimum atomic E-state index is -0.0342. The quantitative estimate of drug-likeness (QED) is 0.230. The minimum absolute atomic E-state index is 0.0207. The zero-order valence-corrected chi connectivity index (χ0v) is 25.4. The number of likely N-dealkylation sites (N-methyl/N-ethyl adjacent to an activating group) is 1. The summed E-state index contributed by atoms with van der Waals surface area (Å²) in [6, 6.07) is 23.2. The predicted octanol–water partition coefficient (Wildman–Crippen LogP) is 6.12. The number of ether oxygens (including phenoxy) is 1. The number of imidazole rings is 1. The highest BCUT2D eigenvalue weighted by molar-refractivity contribution is 5.89. The molecule has 1 N–H and O–H groups in total. The number of hydrogen-bond acceptors (Lipinski definition) is 7. The fourth-order valence-corrected chi connectivity index (χ4v) is 6.53. The fourth-order valence-electron chi connectivity index (χ4n) is 6.53. The number of carbonyl (C=O) groups is 1. The summed E-state index contributed by atoms with van der Waals surface area (Å²) in [6.07, 6.45) is 6.59. The molecule has 2 atom stereocenters. The van der Waals surface area contributed by atoms with Crippen molar-refractivity contribution in [1.82, 2.24) is 29.7 Å². The molecule has 2 aromatic carbocycles. The summed E-state index contributed by atoms with van der Waals surface area (Å²) in [6.45, 7) is 6.44. The first-order valence-corrected chi connectivity index (χ1v) is 15.6. The van der Waals surface area contributed by atoms with Crippen molar-refractivity contribution in [2.45, 2.75) is 38.8 Å². The molecule has 2 aliphatic rings. The molecule has 7 rings (SSSR count). The number of esters is 1. The first-order valence-electron chi connectivity index (χ1n) is 15.6. The summed E-state index contributed by atoms with van der Waals surface area (Å²) < 4.78 is 5.85. The van der Waals surface area contributed by atoms with Crippen LogP contribution in [0.25, 0.3) is 44.7 Å². The number of rotatable bonds is 7. The molecule has 0 unspecified atom stereocenters. The van der Waals surface area contributed by atoms with Gasteiger partial charge in [-0.15, -0.1) is 0 Å². The summed E-state index contributed by atoms with van der Waals surface area (Å²) in [5, 5.41) is 1.06. The maximum absolute atomic E-state index is 12.9. The van der Waals surface area contributed by atoms with Gasteiger partial charge in [-0.25, -0.2) is 4.98 Å². The Balaban J connectivity index is 1.04. The van der Waals surface area contributed by atoms with Crippen LogP contribution in [0.3, 0.4) is 0 Å². The maximum Gasteiger partial charge on any atom is 0.310 e. The Morgan fingerprint density at radius 2 is 1.80 bits per heavy atom. The lowest BCUT2D eigenvalue weighted by Crippen LogP contribution is -2.40. The number of nitrogens with one attached hydrogen (secondary N) is 1. The molecule has 0 bridgehead atoms. The van der Waals surface area contributed by atoms with Crippen LogP contribution >= 0.6 is 0 Å². The molecule has 2 fully saturated rings. The van der Waals surface area contributed by atoms with Gasteiger partial charge in [0.2, 0.25) is 0 Å². The Morgan fingerprint density at radius 1 is 0.955 bits per heavy atom. The molecule has 8 nitrogen and oxygen atoms in total. The molecule has 5 aromatic rings. The molecule has 0 radical (unpaired) electrons. The Morgan fingerprint density at radius 3 is 2.61 bits per heavy atom. The number of benzene rings is 2. The highest BCUT2D eigenvalue weighted by atomic mass is 16.5. The molecule has 5 heterocycles. The predicted molar refractivity (Wildman–Crippen MR) is 173 cm³/mol. The van der Waals surface area contributed by atoms with Crippen LogP contribution in [0.15, 0.2) is 79.3 Å². The van der Waals surface area contributed by atoms with Crippen LogP contribution in [-0.4, -0.2) is 75.0 Å². The van der Waals surface area contributed by atoms with Crippen LogP contribution in [0, 0.1) is 12.8 Å². The van der Waals surface area contributed by atoms with Crippen LogP contribution in [0.4, 0.5) is 0 Å². The smallest absolute Gasteiger partial charge is 0.310 e. The summed E-state index contributed by atoms with van der Waals surface area (Å²) in [7, 11) is 2.08. The number of aryl methyl sites for hydroxylation is 1. The van der Waals surface area contributed by atoms with E-state index in [9.17, 15) is 4.79 Å². The fraction of sp³-hybridized carbons (Fsp3) is 0.333. The van der Waals surface area contributed by atoms with Crippen molar-refractivity contribution in [2.24, 2.45) is 5.92 Å². The molecule has 44 heavy (non-hydrogen) atoms. The second-order valence-corrected chi connectivity index (χ2v) is 12.3. The van der Waals surface area contributed by atoms with E-state index in [0.29, 0.717) is 0 Å². The van der Waals surface area contributed by atoms with E-state index in [2.05, 4.69) is 74.3 Å². The maximum atomic E-state index is 12.9. The van der Waals surface area contributed by atoms with Crippen LogP contribution in [-0.2, 0) is 16.1 Å². The van der Waals surface area contributed by atoms with Crippen molar-refractivity contribution in [3.8, 4) is 33.8 Å². The molecule has 2 aliphatic heterocycles. The van der Waals surface area contributed by atoms with Gasteiger partial charge in [0.15, 0.2) is 0 Å². The van der Waals surface area contributed by atoms with Crippen molar-refractivity contribution < 1.29 is 9.53 Å². The number of H-pyrrole nitrogens is 1. The van der Waals surface area contributed by atoms with Gasteiger partial charge in [0.25, 0.3) is 0 Å². The number of aromatic nitrogens is 4. The van der Waals surface area contributed by atoms with E-state index in [1.165, 1.54) is 5.56 Å². The van der Waals surface area contributed by atoms with E-state index in [1.807, 2.05) is 37.4 Å². The molecule has 3 aromatic heterocycles. The topological polar surface area (TPSA) is 87.2 Å². The average molecular weight is 587 g/mol. The Hall–Kier alpha value is -4.40. The first-order chi connectivity index (χ1) is 21.5. The number of hydrogen-bond donors (Lipinski definition) is 1. The lowest BCUT2D eigenvalue weighted by atomic mass is 9.97. The number of aromatic amines is 1. The third kappa shape index (κ3) is 6.14. The number of carbonyl (C=O) groups excluding carboxylic acids is 1. The van der Waals surface area contributed by atoms with Crippen molar-refractivity contribution in [3.63, 3.8) is 0 Å². The van der Waals surface area contributed by atoms with Gasteiger partial charge in [-0.1, -0.05) is 36.4 Å². The van der Waals surface area contributed by atoms with Gasteiger partial charge >= 0.3 is 5.97 Å². The van der Waals surface area contributed by atoms with Gasteiger partial charge in [-0.3, -0.25) is 19.7 Å². The van der Waals surface area contributed by atoms with Crippen molar-refractivity contribution in [3.05, 3.63) is 90.5 Å². The monoisotopic (exact) mass is 586 g/mol. The molecular formula is C36H38N6O2. The van der Waals surface area contributed by atoms with Crippen LogP contribution in [0.5, 0.6) is 0 Å². The second kappa shape index (κ2) is 12.3. The van der Waals surface area contributed by atoms with Crippen LogP contribution in [0.2, 0.25) is 0 Å². The third-order valence-electron chi connectivity index (χ3n) is 8.90. The number of likely N-dealkylation sites (tertiary alicyclic amines) is 2. The molecule has 0 aliphatic carbocycles. The largest absolute Gasteiger partial charge is 0.461 e. The van der Waals surface area contributed by atoms with Crippen molar-refractivity contribution in [1.29, 1.82) is 0 Å². The van der Waals surface area contributed by atoms with Gasteiger partial charge in [0, 0.05) is 54.6 Å². The molecule has 0 spiro atoms. The van der Waals surface area contributed by atoms with Gasteiger partial charge in [-0.2, -0.15) is 0 Å². The zero-order chi connectivity index (χ0) is 30.0. The zero-order valence-electron chi connectivity index (χ0n) is 25.4. The second-order valence-electron chi connectivity index (χ2n) is 12.3. The van der Waals surface area contributed by atoms with E-state index in [-0.39, 0.29) is 18.0 Å².